The number of carbonyl (C=O) groups excluding carboxylic acids is 2. The summed E-state index contributed by atoms with van der Waals surface area (Å²) in [6.07, 6.45) is 5.67. The fraction of sp³-hybridized carbons (Fsp3) is 0.346. The lowest BCUT2D eigenvalue weighted by atomic mass is 9.93. The SMILES string of the molecule is CCOc1ccc(Oc2c(C=O)c(C(=O)NC34CCC(CC3)C4)nn2-c2ccc(Cl)cc2Cl)cc1. The Morgan fingerprint density at radius 3 is 2.49 bits per heavy atom. The number of hydrogen-bond acceptors (Lipinski definition) is 5. The summed E-state index contributed by atoms with van der Waals surface area (Å²) in [5.41, 5.74) is 0.252. The van der Waals surface area contributed by atoms with E-state index in [0.29, 0.717) is 46.0 Å². The number of halogens is 2. The zero-order valence-corrected chi connectivity index (χ0v) is 20.7. The first-order valence-corrected chi connectivity index (χ1v) is 12.4. The third-order valence-corrected chi connectivity index (χ3v) is 7.36. The molecular weight excluding hydrogens is 489 g/mol. The third-order valence-electron chi connectivity index (χ3n) is 6.82. The van der Waals surface area contributed by atoms with E-state index in [1.165, 1.54) is 4.68 Å². The summed E-state index contributed by atoms with van der Waals surface area (Å²) >= 11 is 12.5. The van der Waals surface area contributed by atoms with Crippen molar-refractivity contribution in [2.24, 2.45) is 5.92 Å². The summed E-state index contributed by atoms with van der Waals surface area (Å²) in [5.74, 6) is 1.49. The molecule has 2 aliphatic carbocycles. The number of benzene rings is 2. The van der Waals surface area contributed by atoms with Gasteiger partial charge in [-0.3, -0.25) is 9.59 Å². The first kappa shape index (κ1) is 23.7. The van der Waals surface area contributed by atoms with Gasteiger partial charge in [-0.2, -0.15) is 9.78 Å². The van der Waals surface area contributed by atoms with Crippen LogP contribution in [0.25, 0.3) is 5.69 Å². The van der Waals surface area contributed by atoms with E-state index in [9.17, 15) is 9.59 Å². The van der Waals surface area contributed by atoms with E-state index in [0.717, 1.165) is 32.1 Å². The van der Waals surface area contributed by atoms with Crippen molar-refractivity contribution in [2.75, 3.05) is 6.61 Å². The maximum atomic E-state index is 13.4. The molecule has 0 atom stereocenters. The first-order valence-electron chi connectivity index (χ1n) is 11.7. The maximum Gasteiger partial charge on any atom is 0.273 e. The van der Waals surface area contributed by atoms with E-state index in [1.807, 2.05) is 6.92 Å². The minimum Gasteiger partial charge on any atom is -0.494 e. The molecule has 0 unspecified atom stereocenters. The Morgan fingerprint density at radius 1 is 1.17 bits per heavy atom. The van der Waals surface area contributed by atoms with E-state index in [2.05, 4.69) is 10.4 Å². The zero-order valence-electron chi connectivity index (χ0n) is 19.2. The third kappa shape index (κ3) is 4.62. The van der Waals surface area contributed by atoms with E-state index in [-0.39, 0.29) is 22.7 Å². The summed E-state index contributed by atoms with van der Waals surface area (Å²) < 4.78 is 13.0. The van der Waals surface area contributed by atoms with Gasteiger partial charge < -0.3 is 14.8 Å². The number of aldehydes is 1. The van der Waals surface area contributed by atoms with Crippen molar-refractivity contribution >= 4 is 35.4 Å². The monoisotopic (exact) mass is 513 g/mol. The molecule has 9 heteroatoms. The molecule has 3 aromatic rings. The van der Waals surface area contributed by atoms with Gasteiger partial charge in [-0.15, -0.1) is 0 Å². The van der Waals surface area contributed by atoms with Crippen LogP contribution in [0.4, 0.5) is 0 Å². The summed E-state index contributed by atoms with van der Waals surface area (Å²) in [7, 11) is 0. The Hall–Kier alpha value is -3.03. The van der Waals surface area contributed by atoms with Crippen LogP contribution in [0.2, 0.25) is 10.0 Å². The van der Waals surface area contributed by atoms with E-state index >= 15 is 0 Å². The van der Waals surface area contributed by atoms with E-state index < -0.39 is 5.91 Å². The molecule has 1 heterocycles. The van der Waals surface area contributed by atoms with Crippen LogP contribution in [0, 0.1) is 5.92 Å². The molecule has 2 bridgehead atoms. The number of ether oxygens (including phenoxy) is 2. The van der Waals surface area contributed by atoms with Gasteiger partial charge in [-0.05, 0) is 87.4 Å². The standard InChI is InChI=1S/C26H25Cl2N3O4/c1-2-34-18-4-6-19(7-5-18)35-25-20(15-32)23(24(33)29-26-11-9-16(14-26)10-12-26)30-31(25)22-8-3-17(27)13-21(22)28/h3-8,13,15-16H,2,9-12,14H2,1H3,(H,29,33). The number of amides is 1. The van der Waals surface area contributed by atoms with Crippen molar-refractivity contribution in [3.63, 3.8) is 0 Å². The lowest BCUT2D eigenvalue weighted by molar-refractivity contribution is 0.0891. The van der Waals surface area contributed by atoms with Crippen LogP contribution in [-0.2, 0) is 0 Å². The molecule has 35 heavy (non-hydrogen) atoms. The zero-order chi connectivity index (χ0) is 24.6. The minimum atomic E-state index is -0.393. The fourth-order valence-corrected chi connectivity index (χ4v) is 5.64. The van der Waals surface area contributed by atoms with E-state index in [1.54, 1.807) is 42.5 Å². The molecule has 1 N–H and O–H groups in total. The number of nitrogens with zero attached hydrogens (tertiary/aromatic N) is 2. The van der Waals surface area contributed by atoms with Crippen LogP contribution in [-0.4, -0.2) is 34.1 Å². The lowest BCUT2D eigenvalue weighted by Crippen LogP contribution is -2.45. The summed E-state index contributed by atoms with van der Waals surface area (Å²) in [4.78, 5) is 25.7. The number of hydrogen-bond donors (Lipinski definition) is 1. The Bertz CT molecular complexity index is 1260. The molecule has 0 saturated heterocycles. The maximum absolute atomic E-state index is 13.4. The van der Waals surface area contributed by atoms with Crippen LogP contribution >= 0.6 is 23.2 Å². The van der Waals surface area contributed by atoms with Crippen molar-refractivity contribution in [2.45, 2.75) is 44.6 Å². The summed E-state index contributed by atoms with van der Waals surface area (Å²) in [5, 5.41) is 8.43. The van der Waals surface area contributed by atoms with Crippen molar-refractivity contribution in [1.29, 1.82) is 0 Å². The van der Waals surface area contributed by atoms with Crippen molar-refractivity contribution in [3.8, 4) is 23.1 Å². The smallest absolute Gasteiger partial charge is 0.273 e. The van der Waals surface area contributed by atoms with Crippen LogP contribution in [0.3, 0.4) is 0 Å². The van der Waals surface area contributed by atoms with Crippen LogP contribution in [0.15, 0.2) is 42.5 Å². The number of carbonyl (C=O) groups is 2. The minimum absolute atomic E-state index is 0.00308. The predicted octanol–water partition coefficient (Wildman–Crippen LogP) is 6.25. The van der Waals surface area contributed by atoms with Crippen LogP contribution in [0.5, 0.6) is 17.4 Å². The molecule has 0 radical (unpaired) electrons. The summed E-state index contributed by atoms with van der Waals surface area (Å²) in [6.45, 7) is 2.44. The van der Waals surface area contributed by atoms with Gasteiger partial charge in [-0.1, -0.05) is 23.2 Å². The second-order valence-corrected chi connectivity index (χ2v) is 9.92. The van der Waals surface area contributed by atoms with Gasteiger partial charge in [0.1, 0.15) is 17.1 Å². The second-order valence-electron chi connectivity index (χ2n) is 9.08. The van der Waals surface area contributed by atoms with Gasteiger partial charge in [0.15, 0.2) is 12.0 Å². The fourth-order valence-electron chi connectivity index (χ4n) is 5.15. The largest absolute Gasteiger partial charge is 0.494 e. The van der Waals surface area contributed by atoms with Gasteiger partial charge in [0.25, 0.3) is 5.91 Å². The number of fused-ring (bicyclic) bond motifs is 2. The molecule has 0 aliphatic heterocycles. The first-order chi connectivity index (χ1) is 16.9. The van der Waals surface area contributed by atoms with Gasteiger partial charge in [0, 0.05) is 10.6 Å². The molecule has 5 rings (SSSR count). The van der Waals surface area contributed by atoms with Crippen molar-refractivity contribution < 1.29 is 19.1 Å². The number of aromatic nitrogens is 2. The highest BCUT2D eigenvalue weighted by Gasteiger charge is 2.46. The Kier molecular flexibility index (Phi) is 6.47. The molecule has 2 aromatic carbocycles. The topological polar surface area (TPSA) is 82.4 Å². The van der Waals surface area contributed by atoms with E-state index in [4.69, 9.17) is 32.7 Å². The van der Waals surface area contributed by atoms with Crippen molar-refractivity contribution in [3.05, 3.63) is 63.8 Å². The van der Waals surface area contributed by atoms with Crippen LogP contribution < -0.4 is 14.8 Å². The molecule has 1 amide bonds. The van der Waals surface area contributed by atoms with Gasteiger partial charge in [-0.25, -0.2) is 0 Å². The number of rotatable bonds is 8. The molecule has 2 aliphatic rings. The highest BCUT2D eigenvalue weighted by Crippen LogP contribution is 2.47. The molecule has 7 nitrogen and oxygen atoms in total. The lowest BCUT2D eigenvalue weighted by Gasteiger charge is -2.27. The summed E-state index contributed by atoms with van der Waals surface area (Å²) in [6, 6.07) is 11.8. The molecule has 182 valence electrons. The molecule has 0 spiro atoms. The second kappa shape index (κ2) is 9.55. The van der Waals surface area contributed by atoms with Gasteiger partial charge in [0.2, 0.25) is 5.88 Å². The Labute approximate surface area is 213 Å². The highest BCUT2D eigenvalue weighted by molar-refractivity contribution is 6.35. The average molecular weight is 514 g/mol. The number of nitrogens with one attached hydrogen (secondary N) is 1. The Balaban J connectivity index is 1.55. The van der Waals surface area contributed by atoms with Gasteiger partial charge in [0.05, 0.1) is 17.3 Å². The van der Waals surface area contributed by atoms with Crippen molar-refractivity contribution in [1.82, 2.24) is 15.1 Å². The normalized spacial score (nSPS) is 20.6. The highest BCUT2D eigenvalue weighted by atomic mass is 35.5. The molecule has 2 fully saturated rings. The average Bonchev–Trinajstić information content (AvgIpc) is 3.53. The Morgan fingerprint density at radius 2 is 1.89 bits per heavy atom. The van der Waals surface area contributed by atoms with Gasteiger partial charge >= 0.3 is 0 Å². The van der Waals surface area contributed by atoms with Crippen LogP contribution in [0.1, 0.15) is 59.9 Å². The quantitative estimate of drug-likeness (QED) is 0.360. The molecule has 2 saturated carbocycles. The predicted molar refractivity (Wildman–Crippen MR) is 133 cm³/mol. The molecule has 1 aromatic heterocycles. The molecular formula is C26H25Cl2N3O4.